The van der Waals surface area contributed by atoms with Crippen LogP contribution in [0.25, 0.3) is 11.0 Å². The summed E-state index contributed by atoms with van der Waals surface area (Å²) in [6, 6.07) is 7.93. The Kier molecular flexibility index (Phi) is 5.99. The molecule has 4 heterocycles. The van der Waals surface area contributed by atoms with Crippen LogP contribution in [0, 0.1) is 0 Å². The summed E-state index contributed by atoms with van der Waals surface area (Å²) in [6.07, 6.45) is 4.37. The largest absolute Gasteiger partial charge is 0.365 e. The molecule has 1 aliphatic rings. The molecule has 4 rings (SSSR count). The van der Waals surface area contributed by atoms with Gasteiger partial charge in [0.05, 0.1) is 22.9 Å². The number of rotatable bonds is 5. The molecule has 1 fully saturated rings. The van der Waals surface area contributed by atoms with Crippen molar-refractivity contribution < 1.29 is 4.79 Å². The Bertz CT molecular complexity index is 1140. The van der Waals surface area contributed by atoms with Gasteiger partial charge in [0, 0.05) is 51.0 Å². The molecule has 1 atom stereocenters. The topological polar surface area (TPSA) is 94.2 Å². The summed E-state index contributed by atoms with van der Waals surface area (Å²) >= 11 is 0. The van der Waals surface area contributed by atoms with Crippen LogP contribution in [0.5, 0.6) is 0 Å². The normalized spacial score (nSPS) is 17.1. The second kappa shape index (κ2) is 8.85. The molecular weight excluding hydrogens is 392 g/mol. The number of nitrogens with zero attached hydrogens (tertiary/aromatic N) is 4. The minimum atomic E-state index is -0.180. The number of H-pyrrole nitrogens is 1. The van der Waals surface area contributed by atoms with Gasteiger partial charge in [-0.25, -0.2) is 4.98 Å². The van der Waals surface area contributed by atoms with Crippen molar-refractivity contribution in [3.63, 3.8) is 0 Å². The zero-order valence-electron chi connectivity index (χ0n) is 18.2. The number of fused-ring (bicyclic) bond motifs is 1. The maximum atomic E-state index is 12.1. The van der Waals surface area contributed by atoms with Crippen LogP contribution in [0.3, 0.4) is 0 Å². The number of pyridine rings is 3. The standard InChI is InChI=1S/C23H28N6O2/c1-4-17-10-20-21(27-22(17)30)9-16(11-25-20)14-28-7-8-29(15(2)13-28)18-5-6-19(26-12-18)23(31)24-3/h5-6,9-12,15H,4,7-8,13-14H2,1-3H3,(H,24,31)(H,27,30)/t15-/m1/s1. The Labute approximate surface area is 181 Å². The number of hydrogen-bond acceptors (Lipinski definition) is 6. The first kappa shape index (κ1) is 21.0. The molecular formula is C23H28N6O2. The lowest BCUT2D eigenvalue weighted by Gasteiger charge is -2.41. The van der Waals surface area contributed by atoms with E-state index in [-0.39, 0.29) is 11.5 Å². The van der Waals surface area contributed by atoms with Crippen LogP contribution in [0.2, 0.25) is 0 Å². The fraction of sp³-hybridized carbons (Fsp3) is 0.391. The summed E-state index contributed by atoms with van der Waals surface area (Å²) in [5.41, 5.74) is 4.87. The van der Waals surface area contributed by atoms with Crippen LogP contribution in [-0.4, -0.2) is 58.5 Å². The van der Waals surface area contributed by atoms with Gasteiger partial charge >= 0.3 is 0 Å². The van der Waals surface area contributed by atoms with Crippen molar-refractivity contribution in [2.45, 2.75) is 32.9 Å². The first-order valence-corrected chi connectivity index (χ1v) is 10.7. The minimum absolute atomic E-state index is 0.0350. The summed E-state index contributed by atoms with van der Waals surface area (Å²) in [5.74, 6) is -0.180. The van der Waals surface area contributed by atoms with E-state index in [1.54, 1.807) is 19.3 Å². The van der Waals surface area contributed by atoms with E-state index >= 15 is 0 Å². The van der Waals surface area contributed by atoms with Gasteiger partial charge in [-0.15, -0.1) is 0 Å². The van der Waals surface area contributed by atoms with Crippen molar-refractivity contribution in [2.24, 2.45) is 0 Å². The van der Waals surface area contributed by atoms with Crippen LogP contribution in [0.15, 0.2) is 41.5 Å². The van der Waals surface area contributed by atoms with Crippen molar-refractivity contribution >= 4 is 22.6 Å². The zero-order chi connectivity index (χ0) is 22.0. The van der Waals surface area contributed by atoms with Gasteiger partial charge in [0.25, 0.3) is 11.5 Å². The summed E-state index contributed by atoms with van der Waals surface area (Å²) < 4.78 is 0. The zero-order valence-corrected chi connectivity index (χ0v) is 18.2. The predicted molar refractivity (Wildman–Crippen MR) is 121 cm³/mol. The van der Waals surface area contributed by atoms with Crippen LogP contribution in [-0.2, 0) is 13.0 Å². The second-order valence-electron chi connectivity index (χ2n) is 8.01. The molecule has 1 saturated heterocycles. The first-order valence-electron chi connectivity index (χ1n) is 10.7. The Hall–Kier alpha value is -3.26. The molecule has 0 spiro atoms. The third-order valence-electron chi connectivity index (χ3n) is 5.86. The molecule has 162 valence electrons. The molecule has 1 aliphatic heterocycles. The van der Waals surface area contributed by atoms with Crippen LogP contribution in [0.4, 0.5) is 5.69 Å². The van der Waals surface area contributed by atoms with Crippen LogP contribution < -0.4 is 15.8 Å². The number of piperazine rings is 1. The highest BCUT2D eigenvalue weighted by Crippen LogP contribution is 2.21. The second-order valence-corrected chi connectivity index (χ2v) is 8.01. The van der Waals surface area contributed by atoms with E-state index in [4.69, 9.17) is 0 Å². The highest BCUT2D eigenvalue weighted by molar-refractivity contribution is 5.92. The molecule has 0 radical (unpaired) electrons. The van der Waals surface area contributed by atoms with Gasteiger partial charge in [0.1, 0.15) is 5.69 Å². The lowest BCUT2D eigenvalue weighted by atomic mass is 10.1. The molecule has 0 saturated carbocycles. The molecule has 2 N–H and O–H groups in total. The van der Waals surface area contributed by atoms with Gasteiger partial charge in [0.2, 0.25) is 0 Å². The Morgan fingerprint density at radius 2 is 2.06 bits per heavy atom. The molecule has 8 heteroatoms. The lowest BCUT2D eigenvalue weighted by Crippen LogP contribution is -2.51. The minimum Gasteiger partial charge on any atom is -0.365 e. The average Bonchev–Trinajstić information content (AvgIpc) is 2.78. The van der Waals surface area contributed by atoms with Gasteiger partial charge in [-0.3, -0.25) is 19.5 Å². The average molecular weight is 421 g/mol. The van der Waals surface area contributed by atoms with Gasteiger partial charge in [0.15, 0.2) is 0 Å². The van der Waals surface area contributed by atoms with Crippen LogP contribution in [0.1, 0.15) is 35.5 Å². The van der Waals surface area contributed by atoms with Crippen molar-refractivity contribution in [3.05, 3.63) is 63.8 Å². The van der Waals surface area contributed by atoms with Gasteiger partial charge in [-0.2, -0.15) is 0 Å². The molecule has 31 heavy (non-hydrogen) atoms. The highest BCUT2D eigenvalue weighted by Gasteiger charge is 2.24. The fourth-order valence-electron chi connectivity index (χ4n) is 4.15. The number of anilines is 1. The van der Waals surface area contributed by atoms with E-state index < -0.39 is 0 Å². The van der Waals surface area contributed by atoms with Crippen molar-refractivity contribution in [2.75, 3.05) is 31.6 Å². The van der Waals surface area contributed by atoms with E-state index in [1.165, 1.54) is 0 Å². The maximum absolute atomic E-state index is 12.1. The number of nitrogens with one attached hydrogen (secondary N) is 2. The van der Waals surface area contributed by atoms with E-state index in [0.29, 0.717) is 18.2 Å². The molecule has 0 aliphatic carbocycles. The maximum Gasteiger partial charge on any atom is 0.269 e. The number of aryl methyl sites for hydroxylation is 1. The number of hydrogen-bond donors (Lipinski definition) is 2. The van der Waals surface area contributed by atoms with E-state index in [0.717, 1.165) is 54.0 Å². The molecule has 0 unspecified atom stereocenters. The number of carbonyl (C=O) groups excluding carboxylic acids is 1. The summed E-state index contributed by atoms with van der Waals surface area (Å²) in [4.78, 5) is 40.4. The van der Waals surface area contributed by atoms with Gasteiger partial charge in [-0.05, 0) is 43.2 Å². The summed E-state index contributed by atoms with van der Waals surface area (Å²) in [5, 5.41) is 2.59. The number of amides is 1. The quantitative estimate of drug-likeness (QED) is 0.655. The Morgan fingerprint density at radius 3 is 2.74 bits per heavy atom. The highest BCUT2D eigenvalue weighted by atomic mass is 16.1. The Morgan fingerprint density at radius 1 is 1.23 bits per heavy atom. The third kappa shape index (κ3) is 4.44. The van der Waals surface area contributed by atoms with Gasteiger partial charge in [-0.1, -0.05) is 6.92 Å². The molecule has 8 nitrogen and oxygen atoms in total. The monoisotopic (exact) mass is 420 g/mol. The molecule has 0 bridgehead atoms. The lowest BCUT2D eigenvalue weighted by molar-refractivity contribution is 0.0958. The first-order chi connectivity index (χ1) is 15.0. The Balaban J connectivity index is 1.43. The molecule has 1 amide bonds. The van der Waals surface area contributed by atoms with Crippen molar-refractivity contribution in [1.82, 2.24) is 25.2 Å². The van der Waals surface area contributed by atoms with Crippen molar-refractivity contribution in [3.8, 4) is 0 Å². The molecule has 3 aromatic heterocycles. The van der Waals surface area contributed by atoms with E-state index in [1.807, 2.05) is 31.3 Å². The van der Waals surface area contributed by atoms with Gasteiger partial charge < -0.3 is 15.2 Å². The summed E-state index contributed by atoms with van der Waals surface area (Å²) in [6.45, 7) is 7.64. The van der Waals surface area contributed by atoms with Crippen molar-refractivity contribution in [1.29, 1.82) is 0 Å². The van der Waals surface area contributed by atoms with E-state index in [2.05, 4.69) is 37.0 Å². The number of aromatic nitrogens is 3. The molecule has 3 aromatic rings. The predicted octanol–water partition coefficient (Wildman–Crippen LogP) is 1.95. The number of aromatic amines is 1. The van der Waals surface area contributed by atoms with Crippen LogP contribution >= 0.6 is 0 Å². The smallest absolute Gasteiger partial charge is 0.269 e. The summed E-state index contributed by atoms with van der Waals surface area (Å²) in [7, 11) is 1.60. The van der Waals surface area contributed by atoms with E-state index in [9.17, 15) is 9.59 Å². The fourth-order valence-corrected chi connectivity index (χ4v) is 4.15. The third-order valence-corrected chi connectivity index (χ3v) is 5.86. The SMILES string of the molecule is CCc1cc2ncc(CN3CCN(c4ccc(C(=O)NC)nc4)[C@H](C)C3)cc2[nH]c1=O. The number of carbonyl (C=O) groups is 1. The molecule has 0 aromatic carbocycles.